The number of amides is 3. The van der Waals surface area contributed by atoms with Gasteiger partial charge in [0.15, 0.2) is 6.10 Å². The molecule has 3 amide bonds. The quantitative estimate of drug-likeness (QED) is 0.625. The van der Waals surface area contributed by atoms with Gasteiger partial charge < -0.3 is 10.1 Å². The molecule has 7 nitrogen and oxygen atoms in total. The van der Waals surface area contributed by atoms with E-state index in [2.05, 4.69) is 10.6 Å². The number of rotatable bonds is 4. The van der Waals surface area contributed by atoms with Gasteiger partial charge in [0, 0.05) is 17.6 Å². The molecule has 0 bridgehead atoms. The molecule has 0 spiro atoms. The highest BCUT2D eigenvalue weighted by molar-refractivity contribution is 6.06. The van der Waals surface area contributed by atoms with Crippen molar-refractivity contribution in [2.24, 2.45) is 0 Å². The molecule has 7 heteroatoms. The summed E-state index contributed by atoms with van der Waals surface area (Å²) < 4.78 is 5.43. The lowest BCUT2D eigenvalue weighted by Gasteiger charge is -2.17. The van der Waals surface area contributed by atoms with Gasteiger partial charge in [-0.3, -0.25) is 15.1 Å². The molecule has 0 aliphatic heterocycles. The first-order valence-corrected chi connectivity index (χ1v) is 9.71. The summed E-state index contributed by atoms with van der Waals surface area (Å²) in [7, 11) is 0. The van der Waals surface area contributed by atoms with Crippen LogP contribution in [0, 0.1) is 0 Å². The van der Waals surface area contributed by atoms with Crippen molar-refractivity contribution in [3.8, 4) is 0 Å². The van der Waals surface area contributed by atoms with Crippen LogP contribution in [-0.4, -0.2) is 35.5 Å². The summed E-state index contributed by atoms with van der Waals surface area (Å²) in [4.78, 5) is 41.5. The minimum absolute atomic E-state index is 0.391. The Morgan fingerprint density at radius 2 is 1.89 bits per heavy atom. The number of imide groups is 1. The first-order valence-electron chi connectivity index (χ1n) is 9.71. The minimum atomic E-state index is -1.09. The van der Waals surface area contributed by atoms with Crippen LogP contribution < -0.4 is 10.6 Å². The van der Waals surface area contributed by atoms with Crippen LogP contribution in [0.15, 0.2) is 24.3 Å². The smallest absolute Gasteiger partial charge is 0.339 e. The van der Waals surface area contributed by atoms with Gasteiger partial charge in [-0.2, -0.15) is 0 Å². The summed E-state index contributed by atoms with van der Waals surface area (Å²) in [6.07, 6.45) is 3.61. The van der Waals surface area contributed by atoms with E-state index in [0.29, 0.717) is 12.1 Å². The number of esters is 1. The predicted molar refractivity (Wildman–Crippen MR) is 105 cm³/mol. The third-order valence-corrected chi connectivity index (χ3v) is 4.85. The van der Waals surface area contributed by atoms with Crippen molar-refractivity contribution in [1.29, 1.82) is 0 Å². The lowest BCUT2D eigenvalue weighted by molar-refractivity contribution is -0.127. The van der Waals surface area contributed by atoms with Crippen LogP contribution in [0.5, 0.6) is 0 Å². The van der Waals surface area contributed by atoms with Crippen molar-refractivity contribution in [2.75, 3.05) is 6.54 Å². The number of hydrogen-bond acceptors (Lipinski definition) is 5. The fourth-order valence-corrected chi connectivity index (χ4v) is 3.47. The molecule has 1 aliphatic carbocycles. The van der Waals surface area contributed by atoms with Crippen LogP contribution in [0.25, 0.3) is 10.9 Å². The monoisotopic (exact) mass is 383 g/mol. The van der Waals surface area contributed by atoms with Crippen molar-refractivity contribution >= 4 is 28.8 Å². The van der Waals surface area contributed by atoms with E-state index in [-0.39, 0.29) is 0 Å². The van der Waals surface area contributed by atoms with E-state index in [1.54, 1.807) is 6.92 Å². The number of urea groups is 1. The zero-order chi connectivity index (χ0) is 20.1. The van der Waals surface area contributed by atoms with Gasteiger partial charge in [0.05, 0.1) is 11.1 Å². The van der Waals surface area contributed by atoms with Crippen LogP contribution in [0.2, 0.25) is 0 Å². The fourth-order valence-electron chi connectivity index (χ4n) is 3.47. The van der Waals surface area contributed by atoms with E-state index in [1.807, 2.05) is 24.3 Å². The summed E-state index contributed by atoms with van der Waals surface area (Å²) in [6.45, 7) is 3.59. The highest BCUT2D eigenvalue weighted by atomic mass is 16.5. The highest BCUT2D eigenvalue weighted by Crippen LogP contribution is 2.29. The summed E-state index contributed by atoms with van der Waals surface area (Å²) >= 11 is 0. The van der Waals surface area contributed by atoms with Gasteiger partial charge in [-0.1, -0.05) is 24.6 Å². The molecule has 0 saturated heterocycles. The van der Waals surface area contributed by atoms with E-state index in [0.717, 1.165) is 54.3 Å². The maximum absolute atomic E-state index is 13.0. The summed E-state index contributed by atoms with van der Waals surface area (Å²) in [5.41, 5.74) is 3.08. The van der Waals surface area contributed by atoms with Gasteiger partial charge in [0.25, 0.3) is 5.91 Å². The van der Waals surface area contributed by atoms with Gasteiger partial charge in [-0.15, -0.1) is 0 Å². The van der Waals surface area contributed by atoms with Gasteiger partial charge in [-0.25, -0.2) is 9.59 Å². The van der Waals surface area contributed by atoms with E-state index in [9.17, 15) is 14.4 Å². The lowest BCUT2D eigenvalue weighted by atomic mass is 9.97. The number of fused-ring (bicyclic) bond motifs is 2. The third kappa shape index (κ3) is 4.30. The van der Waals surface area contributed by atoms with Crippen LogP contribution >= 0.6 is 0 Å². The van der Waals surface area contributed by atoms with Crippen molar-refractivity contribution < 1.29 is 19.1 Å². The standard InChI is InChI=1S/C21H25N3O4/c1-3-22-21(27)24-19(25)13(2)28-20(26)18-14-9-5-4-6-11-16(14)23-17-12-8-7-10-15(17)18/h7-8,10,12-13H,3-6,9,11H2,1-2H3,(H2,22,24,25,27)/t13-/m1/s1. The van der Waals surface area contributed by atoms with Crippen LogP contribution in [0.1, 0.15) is 54.7 Å². The second-order valence-corrected chi connectivity index (χ2v) is 6.89. The average molecular weight is 383 g/mol. The Balaban J connectivity index is 1.89. The number of hydrogen-bond donors (Lipinski definition) is 2. The summed E-state index contributed by atoms with van der Waals surface area (Å²) in [5.74, 6) is -1.22. The first-order chi connectivity index (χ1) is 13.5. The van der Waals surface area contributed by atoms with Gasteiger partial charge in [-0.05, 0) is 51.2 Å². The fraction of sp³-hybridized carbons (Fsp3) is 0.429. The zero-order valence-corrected chi connectivity index (χ0v) is 16.2. The number of para-hydroxylation sites is 1. The van der Waals surface area contributed by atoms with Crippen molar-refractivity contribution in [3.05, 3.63) is 41.1 Å². The Morgan fingerprint density at radius 3 is 2.68 bits per heavy atom. The number of nitrogens with zero attached hydrogens (tertiary/aromatic N) is 1. The molecule has 0 unspecified atom stereocenters. The highest BCUT2D eigenvalue weighted by Gasteiger charge is 2.26. The molecule has 1 heterocycles. The first kappa shape index (κ1) is 19.8. The van der Waals surface area contributed by atoms with Gasteiger partial charge >= 0.3 is 12.0 Å². The number of aryl methyl sites for hydroxylation is 1. The Labute approximate surface area is 163 Å². The molecule has 148 valence electrons. The number of ether oxygens (including phenoxy) is 1. The number of benzene rings is 1. The molecule has 0 fully saturated rings. The molecule has 0 saturated carbocycles. The van der Waals surface area contributed by atoms with Crippen molar-refractivity contribution in [3.63, 3.8) is 0 Å². The van der Waals surface area contributed by atoms with Gasteiger partial charge in [0.2, 0.25) is 0 Å². The largest absolute Gasteiger partial charge is 0.449 e. The minimum Gasteiger partial charge on any atom is -0.449 e. The summed E-state index contributed by atoms with van der Waals surface area (Å²) in [6, 6.07) is 6.86. The summed E-state index contributed by atoms with van der Waals surface area (Å²) in [5, 5.41) is 5.36. The maximum Gasteiger partial charge on any atom is 0.339 e. The molecule has 2 N–H and O–H groups in total. The third-order valence-electron chi connectivity index (χ3n) is 4.85. The Hall–Kier alpha value is -2.96. The molecule has 1 aromatic carbocycles. The van der Waals surface area contributed by atoms with Crippen LogP contribution in [0.3, 0.4) is 0 Å². The second-order valence-electron chi connectivity index (χ2n) is 6.89. The number of nitrogens with one attached hydrogen (secondary N) is 2. The number of carbonyl (C=O) groups excluding carboxylic acids is 3. The van der Waals surface area contributed by atoms with Crippen LogP contribution in [-0.2, 0) is 22.4 Å². The van der Waals surface area contributed by atoms with E-state index < -0.39 is 24.0 Å². The lowest BCUT2D eigenvalue weighted by Crippen LogP contribution is -2.44. The number of carbonyl (C=O) groups is 3. The molecule has 2 aromatic rings. The van der Waals surface area contributed by atoms with Gasteiger partial charge in [0.1, 0.15) is 0 Å². The predicted octanol–water partition coefficient (Wildman–Crippen LogP) is 2.89. The SMILES string of the molecule is CCNC(=O)NC(=O)[C@@H](C)OC(=O)c1c2c(nc3ccccc13)CCCCC2. The average Bonchev–Trinajstić information content (AvgIpc) is 2.91. The molecule has 1 atom stereocenters. The molecular weight excluding hydrogens is 358 g/mol. The maximum atomic E-state index is 13.0. The number of pyridine rings is 1. The number of aromatic nitrogens is 1. The topological polar surface area (TPSA) is 97.4 Å². The molecule has 28 heavy (non-hydrogen) atoms. The van der Waals surface area contributed by atoms with E-state index in [4.69, 9.17) is 9.72 Å². The van der Waals surface area contributed by atoms with Crippen molar-refractivity contribution in [1.82, 2.24) is 15.6 Å². The molecule has 1 aromatic heterocycles. The zero-order valence-electron chi connectivity index (χ0n) is 16.2. The molecule has 3 rings (SSSR count). The Kier molecular flexibility index (Phi) is 6.23. The van der Waals surface area contributed by atoms with Crippen LogP contribution in [0.4, 0.5) is 4.79 Å². The van der Waals surface area contributed by atoms with Crippen molar-refractivity contribution in [2.45, 2.75) is 52.1 Å². The van der Waals surface area contributed by atoms with E-state index >= 15 is 0 Å². The Bertz CT molecular complexity index is 910. The second kappa shape index (κ2) is 8.82. The normalized spacial score (nSPS) is 14.5. The molecule has 1 aliphatic rings. The molecule has 0 radical (unpaired) electrons. The molecular formula is C21H25N3O4. The Morgan fingerprint density at radius 1 is 1.14 bits per heavy atom. The van der Waals surface area contributed by atoms with E-state index in [1.165, 1.54) is 6.92 Å².